The molecule has 1 fully saturated rings. The van der Waals surface area contributed by atoms with Gasteiger partial charge in [0, 0.05) is 32.0 Å². The molecule has 2 rings (SSSR count). The zero-order valence-corrected chi connectivity index (χ0v) is 13.4. The molecule has 0 aromatic heterocycles. The summed E-state index contributed by atoms with van der Waals surface area (Å²) >= 11 is 0. The van der Waals surface area contributed by atoms with Crippen molar-refractivity contribution in [2.24, 2.45) is 0 Å². The summed E-state index contributed by atoms with van der Waals surface area (Å²) in [5, 5.41) is 0. The minimum absolute atomic E-state index is 0.0809. The van der Waals surface area contributed by atoms with Crippen molar-refractivity contribution in [3.8, 4) is 0 Å². The van der Waals surface area contributed by atoms with Crippen LogP contribution in [0.2, 0.25) is 0 Å². The third-order valence-corrected chi connectivity index (χ3v) is 4.83. The maximum atomic E-state index is 12.5. The van der Waals surface area contributed by atoms with E-state index >= 15 is 0 Å². The topological polar surface area (TPSA) is 63.7 Å². The van der Waals surface area contributed by atoms with E-state index in [0.29, 0.717) is 12.1 Å². The Hall–Kier alpha value is -1.40. The molecule has 1 atom stereocenters. The Labute approximate surface area is 125 Å². The number of likely N-dealkylation sites (N-methyl/N-ethyl adjacent to an activating group) is 1. The lowest BCUT2D eigenvalue weighted by Crippen LogP contribution is -2.34. The first-order chi connectivity index (χ1) is 9.79. The molecule has 21 heavy (non-hydrogen) atoms. The highest BCUT2D eigenvalue weighted by atomic mass is 32.2. The summed E-state index contributed by atoms with van der Waals surface area (Å²) in [6, 6.07) is 4.66. The van der Waals surface area contributed by atoms with Crippen LogP contribution in [0.1, 0.15) is 28.8 Å². The Bertz CT molecular complexity index is 633. The molecule has 0 saturated carbocycles. The van der Waals surface area contributed by atoms with Gasteiger partial charge in [-0.25, -0.2) is 8.42 Å². The van der Waals surface area contributed by atoms with E-state index in [-0.39, 0.29) is 16.9 Å². The molecule has 6 heteroatoms. The maximum Gasteiger partial charge on any atom is 0.253 e. The van der Waals surface area contributed by atoms with Crippen LogP contribution in [0.5, 0.6) is 0 Å². The molecule has 0 aliphatic carbocycles. The number of sulfone groups is 1. The van der Waals surface area contributed by atoms with Gasteiger partial charge in [0.15, 0.2) is 9.84 Å². The minimum atomic E-state index is -3.32. The number of aryl methyl sites for hydroxylation is 1. The second kappa shape index (κ2) is 6.15. The van der Waals surface area contributed by atoms with Gasteiger partial charge < -0.3 is 9.64 Å². The molecule has 1 aliphatic rings. The molecule has 0 N–H and O–H groups in total. The number of rotatable bonds is 4. The van der Waals surface area contributed by atoms with E-state index in [1.165, 1.54) is 12.1 Å². The van der Waals surface area contributed by atoms with Gasteiger partial charge >= 0.3 is 0 Å². The summed E-state index contributed by atoms with van der Waals surface area (Å²) < 4.78 is 28.8. The van der Waals surface area contributed by atoms with Crippen molar-refractivity contribution in [3.05, 3.63) is 29.3 Å². The molecular formula is C15H21NO4S. The lowest BCUT2D eigenvalue weighted by molar-refractivity contribution is 0.0586. The number of carbonyl (C=O) groups excluding carboxylic acids is 1. The Morgan fingerprint density at radius 2 is 2.14 bits per heavy atom. The van der Waals surface area contributed by atoms with Gasteiger partial charge in [-0.15, -0.1) is 0 Å². The van der Waals surface area contributed by atoms with E-state index in [4.69, 9.17) is 4.74 Å². The normalized spacial score (nSPS) is 18.7. The van der Waals surface area contributed by atoms with Crippen LogP contribution < -0.4 is 0 Å². The quantitative estimate of drug-likeness (QED) is 0.848. The van der Waals surface area contributed by atoms with Crippen molar-refractivity contribution in [2.45, 2.75) is 30.8 Å². The summed E-state index contributed by atoms with van der Waals surface area (Å²) in [4.78, 5) is 14.3. The average Bonchev–Trinajstić information content (AvgIpc) is 2.90. The first kappa shape index (κ1) is 16.0. The highest BCUT2D eigenvalue weighted by molar-refractivity contribution is 7.90. The Balaban J connectivity index is 2.21. The fraction of sp³-hybridized carbons (Fsp3) is 0.533. The predicted molar refractivity (Wildman–Crippen MR) is 80.2 cm³/mol. The van der Waals surface area contributed by atoms with Crippen LogP contribution in [0.4, 0.5) is 0 Å². The van der Waals surface area contributed by atoms with Gasteiger partial charge in [0.1, 0.15) is 0 Å². The largest absolute Gasteiger partial charge is 0.376 e. The van der Waals surface area contributed by atoms with E-state index < -0.39 is 9.84 Å². The molecule has 1 saturated heterocycles. The molecular weight excluding hydrogens is 290 g/mol. The Morgan fingerprint density at radius 1 is 1.43 bits per heavy atom. The molecule has 1 aromatic carbocycles. The number of amides is 1. The molecule has 1 unspecified atom stereocenters. The number of carbonyl (C=O) groups is 1. The van der Waals surface area contributed by atoms with Crippen LogP contribution in [0, 0.1) is 6.92 Å². The molecule has 0 radical (unpaired) electrons. The Morgan fingerprint density at radius 3 is 2.71 bits per heavy atom. The second-order valence-electron chi connectivity index (χ2n) is 5.57. The number of hydrogen-bond acceptors (Lipinski definition) is 4. The molecule has 1 heterocycles. The third kappa shape index (κ3) is 3.83. The van der Waals surface area contributed by atoms with Gasteiger partial charge in [-0.3, -0.25) is 4.79 Å². The number of hydrogen-bond donors (Lipinski definition) is 0. The maximum absolute atomic E-state index is 12.5. The van der Waals surface area contributed by atoms with Gasteiger partial charge in [-0.05, 0) is 37.5 Å². The van der Waals surface area contributed by atoms with E-state index in [1.54, 1.807) is 24.9 Å². The molecule has 1 aliphatic heterocycles. The zero-order chi connectivity index (χ0) is 15.6. The molecule has 1 aromatic rings. The number of ether oxygens (including phenoxy) is 1. The highest BCUT2D eigenvalue weighted by Gasteiger charge is 2.22. The lowest BCUT2D eigenvalue weighted by Gasteiger charge is -2.22. The number of nitrogens with zero attached hydrogens (tertiary/aromatic N) is 1. The SMILES string of the molecule is Cc1ccc(S(C)(=O)=O)cc1C(=O)N(C)CC1CCCO1. The second-order valence-corrected chi connectivity index (χ2v) is 7.59. The average molecular weight is 311 g/mol. The summed E-state index contributed by atoms with van der Waals surface area (Å²) in [7, 11) is -1.60. The van der Waals surface area contributed by atoms with Crippen molar-refractivity contribution in [3.63, 3.8) is 0 Å². The summed E-state index contributed by atoms with van der Waals surface area (Å²) in [5.41, 5.74) is 1.20. The molecule has 5 nitrogen and oxygen atoms in total. The van der Waals surface area contributed by atoms with Crippen LogP contribution in [-0.4, -0.2) is 51.8 Å². The van der Waals surface area contributed by atoms with E-state index in [9.17, 15) is 13.2 Å². The summed E-state index contributed by atoms with van der Waals surface area (Å²) in [6.45, 7) is 3.08. The van der Waals surface area contributed by atoms with Crippen LogP contribution in [0.15, 0.2) is 23.1 Å². The zero-order valence-electron chi connectivity index (χ0n) is 12.6. The van der Waals surface area contributed by atoms with Crippen LogP contribution in [0.25, 0.3) is 0 Å². The van der Waals surface area contributed by atoms with Crippen molar-refractivity contribution in [1.82, 2.24) is 4.90 Å². The van der Waals surface area contributed by atoms with Crippen molar-refractivity contribution in [1.29, 1.82) is 0 Å². The molecule has 0 spiro atoms. The van der Waals surface area contributed by atoms with Crippen LogP contribution in [-0.2, 0) is 14.6 Å². The minimum Gasteiger partial charge on any atom is -0.376 e. The van der Waals surface area contributed by atoms with Crippen molar-refractivity contribution < 1.29 is 17.9 Å². The van der Waals surface area contributed by atoms with Gasteiger partial charge in [0.25, 0.3) is 5.91 Å². The molecule has 116 valence electrons. The molecule has 0 bridgehead atoms. The summed E-state index contributed by atoms with van der Waals surface area (Å²) in [6.07, 6.45) is 3.20. The third-order valence-electron chi connectivity index (χ3n) is 3.72. The van der Waals surface area contributed by atoms with E-state index in [0.717, 1.165) is 31.3 Å². The first-order valence-electron chi connectivity index (χ1n) is 6.97. The van der Waals surface area contributed by atoms with Gasteiger partial charge in [0.05, 0.1) is 11.0 Å². The summed E-state index contributed by atoms with van der Waals surface area (Å²) in [5.74, 6) is -0.173. The first-order valence-corrected chi connectivity index (χ1v) is 8.86. The Kier molecular flexibility index (Phi) is 4.68. The van der Waals surface area contributed by atoms with Crippen LogP contribution in [0.3, 0.4) is 0 Å². The predicted octanol–water partition coefficient (Wildman–Crippen LogP) is 1.65. The van der Waals surface area contributed by atoms with Crippen molar-refractivity contribution >= 4 is 15.7 Å². The lowest BCUT2D eigenvalue weighted by atomic mass is 10.1. The monoisotopic (exact) mass is 311 g/mol. The van der Waals surface area contributed by atoms with Gasteiger partial charge in [-0.2, -0.15) is 0 Å². The van der Waals surface area contributed by atoms with E-state index in [1.807, 2.05) is 0 Å². The smallest absolute Gasteiger partial charge is 0.253 e. The highest BCUT2D eigenvalue weighted by Crippen LogP contribution is 2.19. The number of benzene rings is 1. The standard InChI is InChI=1S/C15H21NO4S/c1-11-6-7-13(21(3,18)19)9-14(11)15(17)16(2)10-12-5-4-8-20-12/h6-7,9,12H,4-5,8,10H2,1-3H3. The van der Waals surface area contributed by atoms with Crippen molar-refractivity contribution in [2.75, 3.05) is 26.5 Å². The van der Waals surface area contributed by atoms with Gasteiger partial charge in [-0.1, -0.05) is 6.07 Å². The molecule has 1 amide bonds. The fourth-order valence-electron chi connectivity index (χ4n) is 2.44. The van der Waals surface area contributed by atoms with E-state index in [2.05, 4.69) is 0 Å². The van der Waals surface area contributed by atoms with Gasteiger partial charge in [0.2, 0.25) is 0 Å². The van der Waals surface area contributed by atoms with Crippen LogP contribution >= 0.6 is 0 Å². The fourth-order valence-corrected chi connectivity index (χ4v) is 3.09.